The number of nitrogens with one attached hydrogen (secondary N) is 1. The lowest BCUT2D eigenvalue weighted by molar-refractivity contribution is -0.115. The third kappa shape index (κ3) is 3.38. The van der Waals surface area contributed by atoms with Crippen molar-refractivity contribution in [2.24, 2.45) is 4.99 Å². The van der Waals surface area contributed by atoms with E-state index >= 15 is 0 Å². The highest BCUT2D eigenvalue weighted by molar-refractivity contribution is 8.18. The summed E-state index contributed by atoms with van der Waals surface area (Å²) < 4.78 is 0. The van der Waals surface area contributed by atoms with Crippen LogP contribution in [-0.4, -0.2) is 17.1 Å². The highest BCUT2D eigenvalue weighted by Crippen LogP contribution is 2.29. The number of carbonyl (C=O) groups excluding carboxylic acids is 1. The van der Waals surface area contributed by atoms with Gasteiger partial charge >= 0.3 is 0 Å². The number of carbonyl (C=O) groups is 1. The number of thioether (sulfide) groups is 1. The Labute approximate surface area is 129 Å². The first kappa shape index (κ1) is 14.4. The Morgan fingerprint density at radius 2 is 2.05 bits per heavy atom. The molecule has 0 spiro atoms. The molecule has 110 valence electrons. The molecule has 1 heterocycles. The molecule has 1 aromatic carbocycles. The summed E-state index contributed by atoms with van der Waals surface area (Å²) in [5.41, 5.74) is 3.53. The van der Waals surface area contributed by atoms with Gasteiger partial charge in [-0.1, -0.05) is 36.6 Å². The van der Waals surface area contributed by atoms with Crippen LogP contribution in [0.3, 0.4) is 0 Å². The minimum atomic E-state index is -0.0308. The zero-order valence-corrected chi connectivity index (χ0v) is 13.3. The molecule has 0 radical (unpaired) electrons. The number of amides is 1. The zero-order valence-electron chi connectivity index (χ0n) is 12.5. The van der Waals surface area contributed by atoms with Crippen molar-refractivity contribution in [3.05, 3.63) is 39.8 Å². The largest absolute Gasteiger partial charge is 0.301 e. The summed E-state index contributed by atoms with van der Waals surface area (Å²) in [6, 6.07) is 6.67. The molecule has 0 bridgehead atoms. The quantitative estimate of drug-likeness (QED) is 0.844. The van der Waals surface area contributed by atoms with Crippen LogP contribution < -0.4 is 5.32 Å². The molecule has 3 rings (SSSR count). The van der Waals surface area contributed by atoms with Crippen LogP contribution in [0.25, 0.3) is 6.08 Å². The summed E-state index contributed by atoms with van der Waals surface area (Å²) in [6.07, 6.45) is 6.77. The summed E-state index contributed by atoms with van der Waals surface area (Å²) in [4.78, 5) is 17.5. The highest BCUT2D eigenvalue weighted by atomic mass is 32.2. The van der Waals surface area contributed by atoms with Crippen molar-refractivity contribution in [1.82, 2.24) is 5.32 Å². The van der Waals surface area contributed by atoms with E-state index in [1.807, 2.05) is 6.08 Å². The van der Waals surface area contributed by atoms with E-state index in [4.69, 9.17) is 0 Å². The van der Waals surface area contributed by atoms with E-state index < -0.39 is 0 Å². The van der Waals surface area contributed by atoms with Crippen molar-refractivity contribution in [2.75, 3.05) is 0 Å². The number of aliphatic imine (C=N–C) groups is 1. The fraction of sp³-hybridized carbons (Fsp3) is 0.412. The lowest BCUT2D eigenvalue weighted by Gasteiger charge is -2.03. The van der Waals surface area contributed by atoms with Gasteiger partial charge in [0.2, 0.25) is 0 Å². The van der Waals surface area contributed by atoms with Gasteiger partial charge in [0.1, 0.15) is 0 Å². The van der Waals surface area contributed by atoms with E-state index in [0.29, 0.717) is 6.04 Å². The number of rotatable bonds is 2. The van der Waals surface area contributed by atoms with Crippen LogP contribution in [-0.2, 0) is 4.79 Å². The van der Waals surface area contributed by atoms with Crippen molar-refractivity contribution in [2.45, 2.75) is 45.6 Å². The summed E-state index contributed by atoms with van der Waals surface area (Å²) in [6.45, 7) is 4.15. The Bertz CT molecular complexity index is 628. The molecule has 1 aliphatic heterocycles. The first-order valence-corrected chi connectivity index (χ1v) is 8.29. The topological polar surface area (TPSA) is 41.5 Å². The maximum Gasteiger partial charge on any atom is 0.264 e. The second-order valence-electron chi connectivity index (χ2n) is 5.80. The second kappa shape index (κ2) is 6.06. The van der Waals surface area contributed by atoms with Gasteiger partial charge in [0.15, 0.2) is 5.17 Å². The van der Waals surface area contributed by atoms with Crippen LogP contribution >= 0.6 is 11.8 Å². The Balaban J connectivity index is 1.79. The molecule has 1 aromatic rings. The molecule has 1 saturated carbocycles. The summed E-state index contributed by atoms with van der Waals surface area (Å²) in [7, 11) is 0. The van der Waals surface area contributed by atoms with Gasteiger partial charge in [0.05, 0.1) is 10.9 Å². The van der Waals surface area contributed by atoms with Crippen molar-refractivity contribution < 1.29 is 4.79 Å². The molecular formula is C17H20N2OS. The van der Waals surface area contributed by atoms with Crippen LogP contribution in [0.1, 0.15) is 42.4 Å². The van der Waals surface area contributed by atoms with Crippen molar-refractivity contribution in [3.8, 4) is 0 Å². The van der Waals surface area contributed by atoms with E-state index in [1.165, 1.54) is 35.7 Å². The first-order chi connectivity index (χ1) is 10.1. The van der Waals surface area contributed by atoms with Crippen LogP contribution in [0.2, 0.25) is 0 Å². The van der Waals surface area contributed by atoms with E-state index in [0.717, 1.165) is 28.5 Å². The second-order valence-corrected chi connectivity index (χ2v) is 6.83. The Hall–Kier alpha value is -1.55. The van der Waals surface area contributed by atoms with Crippen molar-refractivity contribution >= 4 is 28.9 Å². The Morgan fingerprint density at radius 1 is 1.29 bits per heavy atom. The van der Waals surface area contributed by atoms with Gasteiger partial charge in [-0.25, -0.2) is 0 Å². The molecule has 1 N–H and O–H groups in total. The molecule has 2 aliphatic rings. The third-order valence-electron chi connectivity index (χ3n) is 3.99. The Kier molecular flexibility index (Phi) is 4.15. The average Bonchev–Trinajstić information content (AvgIpc) is 3.04. The third-order valence-corrected chi connectivity index (χ3v) is 4.91. The molecular weight excluding hydrogens is 280 g/mol. The van der Waals surface area contributed by atoms with Gasteiger partial charge in [-0.15, -0.1) is 0 Å². The lowest BCUT2D eigenvalue weighted by atomic mass is 10.1. The number of benzene rings is 1. The average molecular weight is 300 g/mol. The van der Waals surface area contributed by atoms with Crippen LogP contribution in [0.15, 0.2) is 28.1 Å². The molecule has 21 heavy (non-hydrogen) atoms. The number of aryl methyl sites for hydroxylation is 2. The normalized spacial score (nSPS) is 23.2. The minimum Gasteiger partial charge on any atom is -0.301 e. The molecule has 3 nitrogen and oxygen atoms in total. The lowest BCUT2D eigenvalue weighted by Crippen LogP contribution is -2.21. The van der Waals surface area contributed by atoms with Crippen LogP contribution in [0, 0.1) is 13.8 Å². The summed E-state index contributed by atoms with van der Waals surface area (Å²) >= 11 is 1.46. The molecule has 1 aliphatic carbocycles. The number of amidine groups is 1. The van der Waals surface area contributed by atoms with E-state index in [-0.39, 0.29) is 5.91 Å². The van der Waals surface area contributed by atoms with Crippen LogP contribution in [0.5, 0.6) is 0 Å². The first-order valence-electron chi connectivity index (χ1n) is 7.48. The number of hydrogen-bond acceptors (Lipinski definition) is 3. The summed E-state index contributed by atoms with van der Waals surface area (Å²) in [5, 5.41) is 3.65. The van der Waals surface area contributed by atoms with Gasteiger partial charge in [-0.2, -0.15) is 0 Å². The van der Waals surface area contributed by atoms with E-state index in [9.17, 15) is 4.79 Å². The Morgan fingerprint density at radius 3 is 2.76 bits per heavy atom. The van der Waals surface area contributed by atoms with E-state index in [1.54, 1.807) is 0 Å². The van der Waals surface area contributed by atoms with E-state index in [2.05, 4.69) is 42.4 Å². The molecule has 1 saturated heterocycles. The zero-order chi connectivity index (χ0) is 14.8. The van der Waals surface area contributed by atoms with Gasteiger partial charge in [-0.05, 0) is 55.7 Å². The highest BCUT2D eigenvalue weighted by Gasteiger charge is 2.25. The maximum absolute atomic E-state index is 12.1. The number of hydrogen-bond donors (Lipinski definition) is 1. The summed E-state index contributed by atoms with van der Waals surface area (Å²) in [5.74, 6) is -0.0308. The van der Waals surface area contributed by atoms with Gasteiger partial charge in [0, 0.05) is 0 Å². The fourth-order valence-electron chi connectivity index (χ4n) is 2.82. The van der Waals surface area contributed by atoms with Gasteiger partial charge < -0.3 is 5.32 Å². The van der Waals surface area contributed by atoms with Crippen LogP contribution in [0.4, 0.5) is 0 Å². The van der Waals surface area contributed by atoms with Gasteiger partial charge in [-0.3, -0.25) is 9.79 Å². The molecule has 0 aromatic heterocycles. The maximum atomic E-state index is 12.1. The predicted molar refractivity (Wildman–Crippen MR) is 89.3 cm³/mol. The predicted octanol–water partition coefficient (Wildman–Crippen LogP) is 3.81. The molecule has 0 unspecified atom stereocenters. The molecule has 4 heteroatoms. The fourth-order valence-corrected chi connectivity index (χ4v) is 3.70. The molecule has 1 amide bonds. The number of nitrogens with zero attached hydrogens (tertiary/aromatic N) is 1. The standard InChI is InChI=1S/C17H20N2OS/c1-11-7-8-13(12(2)9-11)10-15-16(20)19-17(21-15)18-14-5-3-4-6-14/h7-10,14H,3-6H2,1-2H3,(H,18,19,20)/b15-10-. The minimum absolute atomic E-state index is 0.0308. The molecule has 2 fully saturated rings. The van der Waals surface area contributed by atoms with Gasteiger partial charge in [0.25, 0.3) is 5.91 Å². The monoisotopic (exact) mass is 300 g/mol. The van der Waals surface area contributed by atoms with Crippen molar-refractivity contribution in [1.29, 1.82) is 0 Å². The molecule has 0 atom stereocenters. The SMILES string of the molecule is Cc1ccc(/C=C2\SC(=NC3CCCC3)NC2=O)c(C)c1. The smallest absolute Gasteiger partial charge is 0.264 e. The van der Waals surface area contributed by atoms with Crippen molar-refractivity contribution in [3.63, 3.8) is 0 Å².